The number of aliphatic hydroxyl groups excluding tert-OH is 1. The lowest BCUT2D eigenvalue weighted by Crippen LogP contribution is -2.16. The predicted octanol–water partition coefficient (Wildman–Crippen LogP) is 0.875. The van der Waals surface area contributed by atoms with Crippen LogP contribution in [0.2, 0.25) is 0 Å². The smallest absolute Gasteiger partial charge is 0.0721 e. The van der Waals surface area contributed by atoms with Gasteiger partial charge >= 0.3 is 0 Å². The van der Waals surface area contributed by atoms with Crippen LogP contribution in [-0.2, 0) is 0 Å². The van der Waals surface area contributed by atoms with Gasteiger partial charge in [0.1, 0.15) is 0 Å². The van der Waals surface area contributed by atoms with Crippen molar-refractivity contribution in [1.82, 2.24) is 4.90 Å². The summed E-state index contributed by atoms with van der Waals surface area (Å²) >= 11 is 0. The van der Waals surface area contributed by atoms with E-state index in [0.717, 1.165) is 13.0 Å². The lowest BCUT2D eigenvalue weighted by Gasteiger charge is -2.11. The van der Waals surface area contributed by atoms with Gasteiger partial charge in [-0.2, -0.15) is 0 Å². The summed E-state index contributed by atoms with van der Waals surface area (Å²) < 4.78 is 0. The highest BCUT2D eigenvalue weighted by Crippen LogP contribution is 2.19. The summed E-state index contributed by atoms with van der Waals surface area (Å²) in [5.74, 6) is 0.674. The summed E-state index contributed by atoms with van der Waals surface area (Å²) in [6.45, 7) is 5.86. The fourth-order valence-electron chi connectivity index (χ4n) is 1.66. The maximum atomic E-state index is 9.27. The second-order valence-electron chi connectivity index (χ2n) is 3.46. The van der Waals surface area contributed by atoms with Crippen LogP contribution in [0.4, 0.5) is 0 Å². The third-order valence-corrected chi connectivity index (χ3v) is 2.34. The van der Waals surface area contributed by atoms with E-state index < -0.39 is 0 Å². The average molecular weight is 155 g/mol. The molecule has 64 valence electrons. The van der Waals surface area contributed by atoms with Crippen molar-refractivity contribution in [1.29, 1.82) is 0 Å². The van der Waals surface area contributed by atoms with Crippen LogP contribution in [0.25, 0.3) is 0 Å². The van der Waals surface area contributed by atoms with E-state index in [1.54, 1.807) is 6.08 Å². The molecule has 0 bridgehead atoms. The van der Waals surface area contributed by atoms with Crippen LogP contribution in [0.5, 0.6) is 0 Å². The Hall–Kier alpha value is -0.340. The monoisotopic (exact) mass is 155 g/mol. The lowest BCUT2D eigenvalue weighted by molar-refractivity contribution is 0.188. The summed E-state index contributed by atoms with van der Waals surface area (Å²) in [5, 5.41) is 9.27. The van der Waals surface area contributed by atoms with Crippen molar-refractivity contribution < 1.29 is 5.11 Å². The molecule has 1 rings (SSSR count). The van der Waals surface area contributed by atoms with Crippen LogP contribution in [0.1, 0.15) is 12.8 Å². The molecule has 0 saturated carbocycles. The van der Waals surface area contributed by atoms with E-state index in [4.69, 9.17) is 0 Å². The topological polar surface area (TPSA) is 23.5 Å². The number of aliphatic hydroxyl groups is 1. The Labute approximate surface area is 68.5 Å². The summed E-state index contributed by atoms with van der Waals surface area (Å²) in [5.41, 5.74) is 0. The Morgan fingerprint density at radius 1 is 1.82 bits per heavy atom. The van der Waals surface area contributed by atoms with Gasteiger partial charge in [-0.3, -0.25) is 0 Å². The summed E-state index contributed by atoms with van der Waals surface area (Å²) in [7, 11) is 2.13. The molecule has 2 nitrogen and oxygen atoms in total. The Morgan fingerprint density at radius 2 is 2.55 bits per heavy atom. The Kier molecular flexibility index (Phi) is 3.09. The molecule has 1 heterocycles. The standard InChI is InChI=1S/C9H17NO/c1-3-9(11)6-8-4-5-10(2)7-8/h3,8-9,11H,1,4-7H2,2H3. The van der Waals surface area contributed by atoms with E-state index in [-0.39, 0.29) is 6.10 Å². The highest BCUT2D eigenvalue weighted by Gasteiger charge is 2.20. The quantitative estimate of drug-likeness (QED) is 0.611. The highest BCUT2D eigenvalue weighted by atomic mass is 16.3. The molecule has 0 aromatic heterocycles. The van der Waals surface area contributed by atoms with Crippen LogP contribution >= 0.6 is 0 Å². The molecule has 0 amide bonds. The van der Waals surface area contributed by atoms with Crippen molar-refractivity contribution in [2.75, 3.05) is 20.1 Å². The third kappa shape index (κ3) is 2.64. The van der Waals surface area contributed by atoms with Gasteiger partial charge in [0.05, 0.1) is 6.10 Å². The average Bonchev–Trinajstić information content (AvgIpc) is 2.35. The van der Waals surface area contributed by atoms with Crippen molar-refractivity contribution in [3.8, 4) is 0 Å². The van der Waals surface area contributed by atoms with Gasteiger partial charge in [-0.25, -0.2) is 0 Å². The maximum absolute atomic E-state index is 9.27. The molecule has 1 N–H and O–H groups in total. The van der Waals surface area contributed by atoms with E-state index >= 15 is 0 Å². The van der Waals surface area contributed by atoms with Crippen LogP contribution in [0.3, 0.4) is 0 Å². The molecule has 2 heteroatoms. The van der Waals surface area contributed by atoms with Gasteiger partial charge in [0.2, 0.25) is 0 Å². The first kappa shape index (κ1) is 8.75. The summed E-state index contributed by atoms with van der Waals surface area (Å²) in [6, 6.07) is 0. The molecule has 1 aliphatic rings. The first-order chi connectivity index (χ1) is 5.22. The molecule has 0 radical (unpaired) electrons. The highest BCUT2D eigenvalue weighted by molar-refractivity contribution is 4.83. The molecule has 0 aromatic rings. The van der Waals surface area contributed by atoms with E-state index in [9.17, 15) is 5.11 Å². The number of rotatable bonds is 3. The fraction of sp³-hybridized carbons (Fsp3) is 0.778. The third-order valence-electron chi connectivity index (χ3n) is 2.34. The summed E-state index contributed by atoms with van der Waals surface area (Å²) in [4.78, 5) is 2.31. The molecule has 1 aliphatic heterocycles. The van der Waals surface area contributed by atoms with Gasteiger partial charge in [-0.05, 0) is 32.4 Å². The number of hydrogen-bond donors (Lipinski definition) is 1. The Bertz CT molecular complexity index is 136. The van der Waals surface area contributed by atoms with Crippen molar-refractivity contribution >= 4 is 0 Å². The molecule has 11 heavy (non-hydrogen) atoms. The number of hydrogen-bond acceptors (Lipinski definition) is 2. The fourth-order valence-corrected chi connectivity index (χ4v) is 1.66. The molecular weight excluding hydrogens is 138 g/mol. The zero-order valence-corrected chi connectivity index (χ0v) is 7.16. The number of likely N-dealkylation sites (tertiary alicyclic amines) is 1. The van der Waals surface area contributed by atoms with Crippen LogP contribution < -0.4 is 0 Å². The first-order valence-corrected chi connectivity index (χ1v) is 4.21. The van der Waals surface area contributed by atoms with Crippen molar-refractivity contribution in [3.05, 3.63) is 12.7 Å². The molecule has 1 saturated heterocycles. The van der Waals surface area contributed by atoms with E-state index in [1.165, 1.54) is 13.0 Å². The minimum atomic E-state index is -0.300. The molecule has 1 fully saturated rings. The van der Waals surface area contributed by atoms with E-state index in [0.29, 0.717) is 5.92 Å². The van der Waals surface area contributed by atoms with Gasteiger partial charge in [0, 0.05) is 6.54 Å². The van der Waals surface area contributed by atoms with Crippen LogP contribution in [0.15, 0.2) is 12.7 Å². The molecule has 0 spiro atoms. The van der Waals surface area contributed by atoms with Gasteiger partial charge in [0.25, 0.3) is 0 Å². The van der Waals surface area contributed by atoms with E-state index in [2.05, 4.69) is 18.5 Å². The molecular formula is C9H17NO. The van der Waals surface area contributed by atoms with E-state index in [1.807, 2.05) is 0 Å². The van der Waals surface area contributed by atoms with Crippen LogP contribution in [-0.4, -0.2) is 36.2 Å². The maximum Gasteiger partial charge on any atom is 0.0721 e. The first-order valence-electron chi connectivity index (χ1n) is 4.21. The minimum Gasteiger partial charge on any atom is -0.389 e. The number of nitrogens with zero attached hydrogens (tertiary/aromatic N) is 1. The normalized spacial score (nSPS) is 28.7. The molecule has 0 aliphatic carbocycles. The second kappa shape index (κ2) is 3.88. The van der Waals surface area contributed by atoms with Crippen molar-refractivity contribution in [3.63, 3.8) is 0 Å². The SMILES string of the molecule is C=CC(O)CC1CCN(C)C1. The van der Waals surface area contributed by atoms with Crippen LogP contribution in [0, 0.1) is 5.92 Å². The van der Waals surface area contributed by atoms with Gasteiger partial charge in [-0.15, -0.1) is 6.58 Å². The van der Waals surface area contributed by atoms with Crippen molar-refractivity contribution in [2.45, 2.75) is 18.9 Å². The van der Waals surface area contributed by atoms with Gasteiger partial charge in [0.15, 0.2) is 0 Å². The van der Waals surface area contributed by atoms with Gasteiger partial charge in [-0.1, -0.05) is 6.08 Å². The Balaban J connectivity index is 2.22. The van der Waals surface area contributed by atoms with Gasteiger partial charge < -0.3 is 10.0 Å². The summed E-state index contributed by atoms with van der Waals surface area (Å²) in [6.07, 6.45) is 3.43. The largest absolute Gasteiger partial charge is 0.389 e. The van der Waals surface area contributed by atoms with Crippen molar-refractivity contribution in [2.24, 2.45) is 5.92 Å². The zero-order valence-electron chi connectivity index (χ0n) is 7.16. The second-order valence-corrected chi connectivity index (χ2v) is 3.46. The zero-order chi connectivity index (χ0) is 8.27. The molecule has 0 aromatic carbocycles. The Morgan fingerprint density at radius 3 is 3.00 bits per heavy atom. The molecule has 2 unspecified atom stereocenters. The lowest BCUT2D eigenvalue weighted by atomic mass is 10.0. The molecule has 2 atom stereocenters. The predicted molar refractivity (Wildman–Crippen MR) is 46.4 cm³/mol. The minimum absolute atomic E-state index is 0.300.